The number of aromatic nitrogens is 3. The Morgan fingerprint density at radius 1 is 1.20 bits per heavy atom. The Labute approximate surface area is 145 Å². The molecule has 0 fully saturated rings. The van der Waals surface area contributed by atoms with Gasteiger partial charge in [-0.15, -0.1) is 10.2 Å². The lowest BCUT2D eigenvalue weighted by Gasteiger charge is -2.19. The summed E-state index contributed by atoms with van der Waals surface area (Å²) in [6.07, 6.45) is 1.66. The quantitative estimate of drug-likeness (QED) is 0.747. The summed E-state index contributed by atoms with van der Waals surface area (Å²) < 4.78 is 5.38. The van der Waals surface area contributed by atoms with Crippen LogP contribution in [0, 0.1) is 0 Å². The minimum absolute atomic E-state index is 0.125. The van der Waals surface area contributed by atoms with Gasteiger partial charge < -0.3 is 10.1 Å². The molecule has 0 unspecified atom stereocenters. The number of amides is 2. The van der Waals surface area contributed by atoms with Gasteiger partial charge in [-0.1, -0.05) is 23.5 Å². The molecule has 8 nitrogen and oxygen atoms in total. The maximum Gasteiger partial charge on any atom is 0.262 e. The summed E-state index contributed by atoms with van der Waals surface area (Å²) >= 11 is 1.22. The number of pyridine rings is 1. The fourth-order valence-corrected chi connectivity index (χ4v) is 3.04. The molecule has 0 spiro atoms. The van der Waals surface area contributed by atoms with Gasteiger partial charge in [-0.2, -0.15) is 0 Å². The standard InChI is InChI=1S/C16H11N5O3S/c22-12-8-24-13-9(4-3-6-10(13)18-12)14(23)19-16-21-20-15(25-16)11-5-1-2-7-17-11/h1-7H,8H2,(H,18,22)(H,19,21,23). The summed E-state index contributed by atoms with van der Waals surface area (Å²) in [5.41, 5.74) is 1.46. The lowest BCUT2D eigenvalue weighted by Crippen LogP contribution is -2.27. The van der Waals surface area contributed by atoms with E-state index < -0.39 is 5.91 Å². The molecule has 0 atom stereocenters. The zero-order valence-electron chi connectivity index (χ0n) is 12.7. The van der Waals surface area contributed by atoms with Gasteiger partial charge in [-0.25, -0.2) is 0 Å². The smallest absolute Gasteiger partial charge is 0.262 e. The van der Waals surface area contributed by atoms with E-state index in [4.69, 9.17) is 4.74 Å². The van der Waals surface area contributed by atoms with Crippen LogP contribution in [-0.2, 0) is 4.79 Å². The summed E-state index contributed by atoms with van der Waals surface area (Å²) in [6.45, 7) is -0.125. The molecule has 25 heavy (non-hydrogen) atoms. The van der Waals surface area contributed by atoms with Gasteiger partial charge in [-0.05, 0) is 24.3 Å². The Bertz CT molecular complexity index is 957. The number of para-hydroxylation sites is 1. The lowest BCUT2D eigenvalue weighted by atomic mass is 10.1. The summed E-state index contributed by atoms with van der Waals surface area (Å²) in [7, 11) is 0. The number of hydrogen-bond donors (Lipinski definition) is 2. The maximum absolute atomic E-state index is 12.5. The van der Waals surface area contributed by atoms with Crippen molar-refractivity contribution < 1.29 is 14.3 Å². The van der Waals surface area contributed by atoms with E-state index in [1.807, 2.05) is 18.2 Å². The molecule has 0 saturated heterocycles. The molecule has 3 heterocycles. The van der Waals surface area contributed by atoms with Crippen LogP contribution >= 0.6 is 11.3 Å². The van der Waals surface area contributed by atoms with Crippen molar-refractivity contribution in [2.24, 2.45) is 0 Å². The second-order valence-corrected chi connectivity index (χ2v) is 6.08. The minimum atomic E-state index is -0.392. The highest BCUT2D eigenvalue weighted by Crippen LogP contribution is 2.32. The highest BCUT2D eigenvalue weighted by molar-refractivity contribution is 7.18. The number of fused-ring (bicyclic) bond motifs is 1. The molecule has 1 aromatic carbocycles. The van der Waals surface area contributed by atoms with Crippen LogP contribution in [0.3, 0.4) is 0 Å². The van der Waals surface area contributed by atoms with E-state index in [1.54, 1.807) is 24.4 Å². The molecule has 1 aliphatic rings. The number of rotatable bonds is 3. The molecule has 4 rings (SSSR count). The minimum Gasteiger partial charge on any atom is -0.481 e. The number of benzene rings is 1. The molecule has 0 aliphatic carbocycles. The molecule has 0 radical (unpaired) electrons. The highest BCUT2D eigenvalue weighted by atomic mass is 32.1. The van der Waals surface area contributed by atoms with Gasteiger partial charge in [0.05, 0.1) is 11.3 Å². The fourth-order valence-electron chi connectivity index (χ4n) is 2.32. The van der Waals surface area contributed by atoms with Gasteiger partial charge in [0.1, 0.15) is 5.69 Å². The largest absolute Gasteiger partial charge is 0.481 e. The first kappa shape index (κ1) is 15.2. The van der Waals surface area contributed by atoms with E-state index >= 15 is 0 Å². The van der Waals surface area contributed by atoms with E-state index in [0.717, 1.165) is 0 Å². The molecule has 9 heteroatoms. The van der Waals surface area contributed by atoms with E-state index in [9.17, 15) is 9.59 Å². The predicted molar refractivity (Wildman–Crippen MR) is 91.7 cm³/mol. The highest BCUT2D eigenvalue weighted by Gasteiger charge is 2.23. The summed E-state index contributed by atoms with van der Waals surface area (Å²) in [4.78, 5) is 28.1. The second-order valence-electron chi connectivity index (χ2n) is 5.10. The average Bonchev–Trinajstić information content (AvgIpc) is 3.10. The molecule has 2 aromatic heterocycles. The van der Waals surface area contributed by atoms with Gasteiger partial charge >= 0.3 is 0 Å². The van der Waals surface area contributed by atoms with Crippen molar-refractivity contribution in [1.82, 2.24) is 15.2 Å². The third-order valence-corrected chi connectivity index (χ3v) is 4.27. The Balaban J connectivity index is 1.56. The Kier molecular flexibility index (Phi) is 3.82. The van der Waals surface area contributed by atoms with E-state index in [1.165, 1.54) is 11.3 Å². The number of carbonyl (C=O) groups is 2. The van der Waals surface area contributed by atoms with Crippen molar-refractivity contribution in [2.45, 2.75) is 0 Å². The van der Waals surface area contributed by atoms with Crippen molar-refractivity contribution in [3.05, 3.63) is 48.2 Å². The topological polar surface area (TPSA) is 106 Å². The van der Waals surface area contributed by atoms with Gasteiger partial charge in [0, 0.05) is 6.20 Å². The van der Waals surface area contributed by atoms with Crippen LogP contribution in [0.15, 0.2) is 42.6 Å². The lowest BCUT2D eigenvalue weighted by molar-refractivity contribution is -0.118. The molecule has 1 aliphatic heterocycles. The number of hydrogen-bond acceptors (Lipinski definition) is 7. The average molecular weight is 353 g/mol. The Hall–Kier alpha value is -3.33. The van der Waals surface area contributed by atoms with Crippen LogP contribution in [0.1, 0.15) is 10.4 Å². The molecular formula is C16H11N5O3S. The maximum atomic E-state index is 12.5. The monoisotopic (exact) mass is 353 g/mol. The molecule has 0 saturated carbocycles. The van der Waals surface area contributed by atoms with E-state index in [0.29, 0.717) is 32.8 Å². The van der Waals surface area contributed by atoms with E-state index in [2.05, 4.69) is 25.8 Å². The molecule has 0 bridgehead atoms. The van der Waals surface area contributed by atoms with E-state index in [-0.39, 0.29) is 12.5 Å². The van der Waals surface area contributed by atoms with Gasteiger partial charge in [-0.3, -0.25) is 19.9 Å². The van der Waals surface area contributed by atoms with Crippen LogP contribution in [-0.4, -0.2) is 33.6 Å². The summed E-state index contributed by atoms with van der Waals surface area (Å²) in [5, 5.41) is 14.3. The molecule has 124 valence electrons. The van der Waals surface area contributed by atoms with Gasteiger partial charge in [0.2, 0.25) is 5.13 Å². The molecular weight excluding hydrogens is 342 g/mol. The van der Waals surface area contributed by atoms with Crippen molar-refractivity contribution in [3.8, 4) is 16.5 Å². The van der Waals surface area contributed by atoms with Crippen LogP contribution < -0.4 is 15.4 Å². The Morgan fingerprint density at radius 2 is 2.12 bits per heavy atom. The summed E-state index contributed by atoms with van der Waals surface area (Å²) in [5.74, 6) is -0.306. The fraction of sp³-hybridized carbons (Fsp3) is 0.0625. The van der Waals surface area contributed by atoms with Crippen molar-refractivity contribution in [1.29, 1.82) is 0 Å². The molecule has 3 aromatic rings. The third kappa shape index (κ3) is 3.04. The zero-order valence-corrected chi connectivity index (χ0v) is 13.5. The first-order valence-electron chi connectivity index (χ1n) is 7.32. The van der Waals surface area contributed by atoms with Crippen molar-refractivity contribution in [3.63, 3.8) is 0 Å². The van der Waals surface area contributed by atoms with Crippen LogP contribution in [0.25, 0.3) is 10.7 Å². The zero-order chi connectivity index (χ0) is 17.2. The van der Waals surface area contributed by atoms with Crippen LogP contribution in [0.4, 0.5) is 10.8 Å². The van der Waals surface area contributed by atoms with Crippen molar-refractivity contribution >= 4 is 34.0 Å². The first-order chi connectivity index (χ1) is 12.2. The predicted octanol–water partition coefficient (Wildman–Crippen LogP) is 2.18. The first-order valence-corrected chi connectivity index (χ1v) is 8.14. The molecule has 2 N–H and O–H groups in total. The van der Waals surface area contributed by atoms with Crippen LogP contribution in [0.5, 0.6) is 5.75 Å². The molecule has 2 amide bonds. The number of nitrogens with one attached hydrogen (secondary N) is 2. The number of anilines is 2. The number of carbonyl (C=O) groups excluding carboxylic acids is 2. The number of ether oxygens (including phenoxy) is 1. The normalized spacial score (nSPS) is 12.7. The van der Waals surface area contributed by atoms with Gasteiger partial charge in [0.25, 0.3) is 11.8 Å². The summed E-state index contributed by atoms with van der Waals surface area (Å²) in [6, 6.07) is 10.4. The SMILES string of the molecule is O=C1COc2c(cccc2C(=O)Nc2nnc(-c3ccccn3)s2)N1. The second kappa shape index (κ2) is 6.29. The van der Waals surface area contributed by atoms with Crippen LogP contribution in [0.2, 0.25) is 0 Å². The number of nitrogens with zero attached hydrogens (tertiary/aromatic N) is 3. The van der Waals surface area contributed by atoms with Crippen molar-refractivity contribution in [2.75, 3.05) is 17.2 Å². The van der Waals surface area contributed by atoms with Gasteiger partial charge in [0.15, 0.2) is 17.4 Å². The Morgan fingerprint density at radius 3 is 2.96 bits per heavy atom. The third-order valence-electron chi connectivity index (χ3n) is 3.41.